The van der Waals surface area contributed by atoms with Crippen molar-refractivity contribution in [2.45, 2.75) is 43.7 Å². The zero-order valence-electron chi connectivity index (χ0n) is 18.4. The Bertz CT molecular complexity index is 997. The fraction of sp³-hybridized carbons (Fsp3) is 0.500. The summed E-state index contributed by atoms with van der Waals surface area (Å²) in [6, 6.07) is 10.4. The van der Waals surface area contributed by atoms with Crippen LogP contribution in [0.5, 0.6) is 0 Å². The Balaban J connectivity index is 1.80. The first-order valence-electron chi connectivity index (χ1n) is 10.6. The highest BCUT2D eigenvalue weighted by Crippen LogP contribution is 2.30. The monoisotopic (exact) mass is 445 g/mol. The average molecular weight is 446 g/mol. The fourth-order valence-corrected chi connectivity index (χ4v) is 5.05. The van der Waals surface area contributed by atoms with E-state index in [1.165, 1.54) is 6.92 Å². The van der Waals surface area contributed by atoms with Crippen LogP contribution >= 0.6 is 0 Å². The normalized spacial score (nSPS) is 17.3. The molecule has 1 fully saturated rings. The van der Waals surface area contributed by atoms with Gasteiger partial charge in [-0.05, 0) is 31.5 Å². The highest BCUT2D eigenvalue weighted by atomic mass is 32.2. The zero-order chi connectivity index (χ0) is 22.4. The standard InChI is InChI=1S/C22H31N5O3S/c1-17(28)26(3)16-18-15-21(23-2)25-22(24-18)20-11-7-8-12-27(20)13-14-31(29,30)19-9-5-4-6-10-19/h4-6,9-10,15,20H,7-8,11-14,16H2,1-3H3,(H,23,24,25). The molecule has 8 nitrogen and oxygen atoms in total. The molecule has 0 bridgehead atoms. The van der Waals surface area contributed by atoms with Gasteiger partial charge in [0.25, 0.3) is 0 Å². The van der Waals surface area contributed by atoms with Gasteiger partial charge in [-0.15, -0.1) is 0 Å². The lowest BCUT2D eigenvalue weighted by Gasteiger charge is -2.35. The molecule has 0 aliphatic carbocycles. The maximum atomic E-state index is 12.8. The quantitative estimate of drug-likeness (QED) is 0.667. The first-order chi connectivity index (χ1) is 14.8. The molecule has 31 heavy (non-hydrogen) atoms. The Kier molecular flexibility index (Phi) is 7.61. The maximum Gasteiger partial charge on any atom is 0.219 e. The highest BCUT2D eigenvalue weighted by Gasteiger charge is 2.28. The summed E-state index contributed by atoms with van der Waals surface area (Å²) in [5.41, 5.74) is 0.759. The second-order valence-corrected chi connectivity index (χ2v) is 10.0. The number of hydrogen-bond donors (Lipinski definition) is 1. The lowest BCUT2D eigenvalue weighted by Crippen LogP contribution is -2.38. The number of carbonyl (C=O) groups excluding carboxylic acids is 1. The van der Waals surface area contributed by atoms with Gasteiger partial charge in [-0.2, -0.15) is 0 Å². The van der Waals surface area contributed by atoms with E-state index in [4.69, 9.17) is 4.98 Å². The van der Waals surface area contributed by atoms with Crippen molar-refractivity contribution in [2.75, 3.05) is 38.3 Å². The van der Waals surface area contributed by atoms with Crippen LogP contribution in [-0.2, 0) is 21.2 Å². The number of nitrogens with one attached hydrogen (secondary N) is 1. The van der Waals surface area contributed by atoms with E-state index in [1.807, 2.05) is 12.1 Å². The summed E-state index contributed by atoms with van der Waals surface area (Å²) in [4.78, 5) is 25.2. The molecule has 1 aliphatic rings. The predicted molar refractivity (Wildman–Crippen MR) is 120 cm³/mol. The number of hydrogen-bond acceptors (Lipinski definition) is 7. The van der Waals surface area contributed by atoms with E-state index < -0.39 is 9.84 Å². The number of carbonyl (C=O) groups is 1. The molecule has 2 heterocycles. The number of likely N-dealkylation sites (tertiary alicyclic amines) is 1. The van der Waals surface area contributed by atoms with Crippen LogP contribution in [-0.4, -0.2) is 67.0 Å². The van der Waals surface area contributed by atoms with E-state index in [-0.39, 0.29) is 17.7 Å². The summed E-state index contributed by atoms with van der Waals surface area (Å²) in [6.07, 6.45) is 2.94. The molecule has 1 unspecified atom stereocenters. The number of rotatable bonds is 8. The van der Waals surface area contributed by atoms with Crippen LogP contribution in [0.3, 0.4) is 0 Å². The molecule has 9 heteroatoms. The Labute approximate surface area is 184 Å². The van der Waals surface area contributed by atoms with Crippen molar-refractivity contribution in [3.8, 4) is 0 Å². The van der Waals surface area contributed by atoms with Crippen LogP contribution in [0.4, 0.5) is 5.82 Å². The third-order valence-corrected chi connectivity index (χ3v) is 7.36. The summed E-state index contributed by atoms with van der Waals surface area (Å²) in [5, 5.41) is 3.07. The molecule has 3 rings (SSSR count). The van der Waals surface area contributed by atoms with Crippen molar-refractivity contribution in [2.24, 2.45) is 0 Å². The second kappa shape index (κ2) is 10.2. The van der Waals surface area contributed by atoms with Crippen LogP contribution in [0.15, 0.2) is 41.3 Å². The molecule has 0 radical (unpaired) electrons. The maximum absolute atomic E-state index is 12.8. The number of anilines is 1. The average Bonchev–Trinajstić information content (AvgIpc) is 2.78. The van der Waals surface area contributed by atoms with Crippen molar-refractivity contribution in [1.82, 2.24) is 19.8 Å². The Morgan fingerprint density at radius 1 is 1.23 bits per heavy atom. The van der Waals surface area contributed by atoms with Gasteiger partial charge in [-0.25, -0.2) is 18.4 Å². The minimum atomic E-state index is -3.35. The Hall–Kier alpha value is -2.52. The zero-order valence-corrected chi connectivity index (χ0v) is 19.2. The lowest BCUT2D eigenvalue weighted by atomic mass is 10.0. The van der Waals surface area contributed by atoms with Crippen molar-refractivity contribution in [3.63, 3.8) is 0 Å². The van der Waals surface area contributed by atoms with Gasteiger partial charge in [0.1, 0.15) is 11.6 Å². The van der Waals surface area contributed by atoms with Crippen molar-refractivity contribution in [3.05, 3.63) is 47.9 Å². The lowest BCUT2D eigenvalue weighted by molar-refractivity contribution is -0.128. The molecule has 1 aromatic heterocycles. The SMILES string of the molecule is CNc1cc(CN(C)C(C)=O)nc(C2CCCCN2CCS(=O)(=O)c2ccccc2)n1. The third kappa shape index (κ3) is 6.01. The largest absolute Gasteiger partial charge is 0.373 e. The third-order valence-electron chi connectivity index (χ3n) is 5.65. The number of amides is 1. The van der Waals surface area contributed by atoms with Crippen LogP contribution in [0, 0.1) is 0 Å². The molecule has 1 amide bonds. The van der Waals surface area contributed by atoms with E-state index >= 15 is 0 Å². The van der Waals surface area contributed by atoms with Crippen molar-refractivity contribution >= 4 is 21.6 Å². The molecule has 1 N–H and O–H groups in total. The van der Waals surface area contributed by atoms with Gasteiger partial charge in [0.2, 0.25) is 5.91 Å². The van der Waals surface area contributed by atoms with Crippen molar-refractivity contribution in [1.29, 1.82) is 0 Å². The molecule has 0 spiro atoms. The molecule has 0 saturated carbocycles. The number of nitrogens with zero attached hydrogens (tertiary/aromatic N) is 4. The molecule has 1 aliphatic heterocycles. The minimum absolute atomic E-state index is 0.0309. The van der Waals surface area contributed by atoms with E-state index in [1.54, 1.807) is 43.3 Å². The van der Waals surface area contributed by atoms with E-state index in [2.05, 4.69) is 15.2 Å². The molecule has 2 aromatic rings. The van der Waals surface area contributed by atoms with Gasteiger partial charge in [0, 0.05) is 33.6 Å². The molecule has 1 saturated heterocycles. The van der Waals surface area contributed by atoms with Gasteiger partial charge in [-0.1, -0.05) is 24.6 Å². The summed E-state index contributed by atoms with van der Waals surface area (Å²) in [6.45, 7) is 3.16. The molecule has 1 atom stereocenters. The Morgan fingerprint density at radius 2 is 1.97 bits per heavy atom. The summed E-state index contributed by atoms with van der Waals surface area (Å²) >= 11 is 0. The van der Waals surface area contributed by atoms with Crippen LogP contribution in [0.2, 0.25) is 0 Å². The van der Waals surface area contributed by atoms with E-state index in [9.17, 15) is 13.2 Å². The van der Waals surface area contributed by atoms with Crippen LogP contribution < -0.4 is 5.32 Å². The van der Waals surface area contributed by atoms with Gasteiger partial charge < -0.3 is 10.2 Å². The molecular formula is C22H31N5O3S. The number of aromatic nitrogens is 2. The molecule has 168 valence electrons. The van der Waals surface area contributed by atoms with E-state index in [0.717, 1.165) is 31.5 Å². The summed E-state index contributed by atoms with van der Waals surface area (Å²) in [5.74, 6) is 1.39. The number of piperidine rings is 1. The molecular weight excluding hydrogens is 414 g/mol. The highest BCUT2D eigenvalue weighted by molar-refractivity contribution is 7.91. The Morgan fingerprint density at radius 3 is 2.65 bits per heavy atom. The van der Waals surface area contributed by atoms with Gasteiger partial charge in [0.05, 0.1) is 28.9 Å². The van der Waals surface area contributed by atoms with Gasteiger partial charge in [-0.3, -0.25) is 9.69 Å². The topological polar surface area (TPSA) is 95.5 Å². The second-order valence-electron chi connectivity index (χ2n) is 7.91. The van der Waals surface area contributed by atoms with Crippen LogP contribution in [0.1, 0.15) is 43.7 Å². The summed E-state index contributed by atoms with van der Waals surface area (Å²) in [7, 11) is 0.191. The smallest absolute Gasteiger partial charge is 0.219 e. The number of sulfone groups is 1. The van der Waals surface area contributed by atoms with E-state index in [0.29, 0.717) is 29.6 Å². The first kappa shape index (κ1) is 23.1. The van der Waals surface area contributed by atoms with Gasteiger partial charge >= 0.3 is 0 Å². The first-order valence-corrected chi connectivity index (χ1v) is 12.2. The van der Waals surface area contributed by atoms with Crippen molar-refractivity contribution < 1.29 is 13.2 Å². The van der Waals surface area contributed by atoms with Crippen LogP contribution in [0.25, 0.3) is 0 Å². The number of benzene rings is 1. The van der Waals surface area contributed by atoms with Gasteiger partial charge in [0.15, 0.2) is 9.84 Å². The summed E-state index contributed by atoms with van der Waals surface area (Å²) < 4.78 is 25.5. The fourth-order valence-electron chi connectivity index (χ4n) is 3.76. The predicted octanol–water partition coefficient (Wildman–Crippen LogP) is 2.50. The minimum Gasteiger partial charge on any atom is -0.373 e. The molecule has 1 aromatic carbocycles.